The zero-order chi connectivity index (χ0) is 36.4. The maximum Gasteiger partial charge on any atom is 0.330 e. The SMILES string of the molecule is CC[C@H]1OC(=O)C=C[C@H](C)[C@@H](O[C@@H]2O[C@H](C)CC(N(C)C)C2O)[C@H](C)C[C@@H](C)C(=O)C=CC=CC1CO[C@@H]1OC(C)[C@H](O)[C@H](OC)[C@@H]1OC. The van der Waals surface area contributed by atoms with E-state index in [0.717, 1.165) is 0 Å². The van der Waals surface area contributed by atoms with E-state index in [2.05, 4.69) is 0 Å². The van der Waals surface area contributed by atoms with Gasteiger partial charge in [0.05, 0.1) is 24.9 Å². The van der Waals surface area contributed by atoms with Crippen LogP contribution in [-0.4, -0.2) is 129 Å². The van der Waals surface area contributed by atoms with Crippen molar-refractivity contribution in [2.24, 2.45) is 23.7 Å². The second-order valence-corrected chi connectivity index (χ2v) is 14.1. The lowest BCUT2D eigenvalue weighted by Crippen LogP contribution is -2.59. The first-order valence-corrected chi connectivity index (χ1v) is 17.7. The molecule has 12 nitrogen and oxygen atoms in total. The Labute approximate surface area is 292 Å². The lowest BCUT2D eigenvalue weighted by Gasteiger charge is -2.43. The summed E-state index contributed by atoms with van der Waals surface area (Å²) in [6.45, 7) is 11.6. The Balaban J connectivity index is 1.85. The van der Waals surface area contributed by atoms with Gasteiger partial charge in [0.2, 0.25) is 0 Å². The average Bonchev–Trinajstić information content (AvgIpc) is 3.06. The van der Waals surface area contributed by atoms with Crippen LogP contribution in [0.5, 0.6) is 0 Å². The fraction of sp³-hybridized carbons (Fsp3) is 0.784. The topological polar surface area (TPSA) is 142 Å². The Morgan fingerprint density at radius 1 is 0.857 bits per heavy atom. The van der Waals surface area contributed by atoms with Gasteiger partial charge in [-0.3, -0.25) is 4.79 Å². The van der Waals surface area contributed by atoms with Crippen molar-refractivity contribution in [1.29, 1.82) is 0 Å². The third-order valence-corrected chi connectivity index (χ3v) is 10.0. The highest BCUT2D eigenvalue weighted by atomic mass is 16.7. The Morgan fingerprint density at radius 3 is 2.18 bits per heavy atom. The molecular weight excluding hydrogens is 634 g/mol. The molecule has 15 atom stereocenters. The molecule has 0 aromatic rings. The van der Waals surface area contributed by atoms with Gasteiger partial charge < -0.3 is 48.3 Å². The Hall–Kier alpha value is -2.00. The standard InChI is InChI=1S/C37H61NO11/c1-11-29-26(20-45-37-35(44-10)34(43-9)31(41)25(6)47-37)14-12-13-15-28(39)22(3)18-23(4)33(21(2)16-17-30(40)48-29)49-36-32(42)27(38(7)8)19-24(5)46-36/h12-17,21-27,29,31-37,41-42H,11,18-20H2,1-10H3/t21-,22+,23+,24+,25?,26?,27?,29+,31-,32?,33+,34-,35-,36-,37+/m0/s1. The van der Waals surface area contributed by atoms with E-state index in [1.807, 2.05) is 59.7 Å². The molecule has 12 heteroatoms. The number of hydrogen-bond acceptors (Lipinski definition) is 12. The van der Waals surface area contributed by atoms with Crippen molar-refractivity contribution in [3.63, 3.8) is 0 Å². The fourth-order valence-corrected chi connectivity index (χ4v) is 7.05. The Morgan fingerprint density at radius 2 is 1.55 bits per heavy atom. The molecule has 0 bridgehead atoms. The minimum absolute atomic E-state index is 0.0243. The molecule has 3 aliphatic rings. The van der Waals surface area contributed by atoms with Crippen LogP contribution in [0.2, 0.25) is 0 Å². The van der Waals surface area contributed by atoms with E-state index in [9.17, 15) is 19.8 Å². The van der Waals surface area contributed by atoms with Crippen LogP contribution < -0.4 is 0 Å². The molecule has 0 aromatic heterocycles. The summed E-state index contributed by atoms with van der Waals surface area (Å²) in [7, 11) is 6.85. The first-order chi connectivity index (χ1) is 23.2. The summed E-state index contributed by atoms with van der Waals surface area (Å²) in [5.41, 5.74) is 0. The number of esters is 1. The molecule has 4 unspecified atom stereocenters. The number of rotatable bonds is 9. The summed E-state index contributed by atoms with van der Waals surface area (Å²) < 4.78 is 41.8. The van der Waals surface area contributed by atoms with Gasteiger partial charge in [0.15, 0.2) is 18.4 Å². The van der Waals surface area contributed by atoms with Gasteiger partial charge in [-0.05, 0) is 59.2 Å². The van der Waals surface area contributed by atoms with Crippen LogP contribution in [-0.2, 0) is 42.7 Å². The third-order valence-electron chi connectivity index (χ3n) is 10.0. The van der Waals surface area contributed by atoms with Crippen LogP contribution in [0, 0.1) is 23.7 Å². The van der Waals surface area contributed by atoms with Gasteiger partial charge in [0.25, 0.3) is 0 Å². The van der Waals surface area contributed by atoms with E-state index in [-0.39, 0.29) is 42.3 Å². The predicted octanol–water partition coefficient (Wildman–Crippen LogP) is 3.44. The molecule has 3 heterocycles. The number of hydrogen-bond donors (Lipinski definition) is 2. The van der Waals surface area contributed by atoms with Gasteiger partial charge in [-0.25, -0.2) is 4.79 Å². The monoisotopic (exact) mass is 695 g/mol. The molecule has 0 amide bonds. The van der Waals surface area contributed by atoms with Crippen molar-refractivity contribution in [1.82, 2.24) is 4.90 Å². The van der Waals surface area contributed by atoms with Crippen molar-refractivity contribution < 1.29 is 53.0 Å². The summed E-state index contributed by atoms with van der Waals surface area (Å²) in [4.78, 5) is 28.4. The van der Waals surface area contributed by atoms with Crippen molar-refractivity contribution >= 4 is 11.8 Å². The predicted molar refractivity (Wildman–Crippen MR) is 183 cm³/mol. The van der Waals surface area contributed by atoms with Gasteiger partial charge in [0.1, 0.15) is 30.5 Å². The molecule has 49 heavy (non-hydrogen) atoms. The molecule has 2 N–H and O–H groups in total. The zero-order valence-corrected chi connectivity index (χ0v) is 31.0. The van der Waals surface area contributed by atoms with Crippen molar-refractivity contribution in [2.75, 3.05) is 34.9 Å². The molecule has 0 spiro atoms. The number of cyclic esters (lactones) is 1. The largest absolute Gasteiger partial charge is 0.459 e. The fourth-order valence-electron chi connectivity index (χ4n) is 7.05. The molecule has 3 aliphatic heterocycles. The van der Waals surface area contributed by atoms with E-state index < -0.39 is 67.2 Å². The summed E-state index contributed by atoms with van der Waals surface area (Å²) >= 11 is 0. The number of likely N-dealkylation sites (N-methyl/N-ethyl adjacent to an activating group) is 1. The van der Waals surface area contributed by atoms with E-state index in [0.29, 0.717) is 19.3 Å². The van der Waals surface area contributed by atoms with E-state index in [1.165, 1.54) is 20.3 Å². The third kappa shape index (κ3) is 11.2. The average molecular weight is 696 g/mol. The first kappa shape index (κ1) is 41.4. The number of carbonyl (C=O) groups is 2. The zero-order valence-electron chi connectivity index (χ0n) is 31.0. The first-order valence-electron chi connectivity index (χ1n) is 17.7. The number of allylic oxidation sites excluding steroid dienone is 3. The summed E-state index contributed by atoms with van der Waals surface area (Å²) in [5, 5.41) is 21.7. The molecule has 0 saturated carbocycles. The minimum Gasteiger partial charge on any atom is -0.459 e. The van der Waals surface area contributed by atoms with Gasteiger partial charge in [-0.2, -0.15) is 0 Å². The van der Waals surface area contributed by atoms with Crippen LogP contribution in [0.25, 0.3) is 0 Å². The second-order valence-electron chi connectivity index (χ2n) is 14.1. The molecule has 3 rings (SSSR count). The summed E-state index contributed by atoms with van der Waals surface area (Å²) in [6, 6.07) is -0.140. The normalized spacial score (nSPS) is 41.6. The maximum atomic E-state index is 13.3. The van der Waals surface area contributed by atoms with Crippen molar-refractivity contribution in [3.8, 4) is 0 Å². The number of nitrogens with zero attached hydrogens (tertiary/aromatic N) is 1. The van der Waals surface area contributed by atoms with E-state index in [1.54, 1.807) is 31.2 Å². The van der Waals surface area contributed by atoms with Crippen LogP contribution in [0.4, 0.5) is 0 Å². The maximum absolute atomic E-state index is 13.3. The summed E-state index contributed by atoms with van der Waals surface area (Å²) in [6.07, 6.45) is 5.21. The number of ketones is 1. The molecular formula is C37H61NO11. The number of ether oxygens (including phenoxy) is 7. The van der Waals surface area contributed by atoms with Crippen LogP contribution in [0.15, 0.2) is 36.5 Å². The van der Waals surface area contributed by atoms with Crippen LogP contribution in [0.3, 0.4) is 0 Å². The van der Waals surface area contributed by atoms with Gasteiger partial charge in [-0.1, -0.05) is 52.0 Å². The van der Waals surface area contributed by atoms with Crippen LogP contribution in [0.1, 0.15) is 60.8 Å². The number of aliphatic hydroxyl groups is 2. The molecule has 0 radical (unpaired) electrons. The molecule has 0 aromatic carbocycles. The number of aliphatic hydroxyl groups excluding tert-OH is 2. The van der Waals surface area contributed by atoms with E-state index in [4.69, 9.17) is 33.2 Å². The quantitative estimate of drug-likeness (QED) is 0.342. The summed E-state index contributed by atoms with van der Waals surface area (Å²) in [5.74, 6) is -1.62. The highest BCUT2D eigenvalue weighted by Gasteiger charge is 2.45. The lowest BCUT2D eigenvalue weighted by atomic mass is 9.84. The Bertz CT molecular complexity index is 1130. The minimum atomic E-state index is -0.896. The molecule has 0 aliphatic carbocycles. The van der Waals surface area contributed by atoms with Gasteiger partial charge in [0, 0.05) is 44.1 Å². The highest BCUT2D eigenvalue weighted by molar-refractivity contribution is 5.91. The molecule has 2 fully saturated rings. The van der Waals surface area contributed by atoms with Crippen molar-refractivity contribution in [2.45, 2.75) is 128 Å². The highest BCUT2D eigenvalue weighted by Crippen LogP contribution is 2.32. The number of methoxy groups -OCH3 is 2. The number of carbonyl (C=O) groups excluding carboxylic acids is 2. The molecule has 2 saturated heterocycles. The Kier molecular flexibility index (Phi) is 16.5. The van der Waals surface area contributed by atoms with Crippen LogP contribution >= 0.6 is 0 Å². The lowest BCUT2D eigenvalue weighted by molar-refractivity contribution is -0.304. The van der Waals surface area contributed by atoms with Gasteiger partial charge >= 0.3 is 5.97 Å². The molecule has 280 valence electrons. The smallest absolute Gasteiger partial charge is 0.330 e. The van der Waals surface area contributed by atoms with Gasteiger partial charge in [-0.15, -0.1) is 0 Å². The second kappa shape index (κ2) is 19.6. The van der Waals surface area contributed by atoms with E-state index >= 15 is 0 Å². The van der Waals surface area contributed by atoms with Crippen molar-refractivity contribution in [3.05, 3.63) is 36.5 Å².